The number of nitrogens with one attached hydrogen (secondary N) is 2. The zero-order valence-electron chi connectivity index (χ0n) is 16.3. The molecule has 0 saturated carbocycles. The number of aromatic nitrogens is 3. The van der Waals surface area contributed by atoms with Crippen molar-refractivity contribution in [2.75, 3.05) is 12.0 Å². The molecule has 1 aromatic heterocycles. The van der Waals surface area contributed by atoms with Crippen LogP contribution in [0, 0.1) is 6.92 Å². The smallest absolute Gasteiger partial charge is 0.236 e. The van der Waals surface area contributed by atoms with Crippen LogP contribution in [-0.4, -0.2) is 32.6 Å². The van der Waals surface area contributed by atoms with Gasteiger partial charge in [-0.1, -0.05) is 54.2 Å². The Bertz CT molecular complexity index is 974. The fourth-order valence-corrected chi connectivity index (χ4v) is 4.38. The van der Waals surface area contributed by atoms with Gasteiger partial charge in [0.05, 0.1) is 12.6 Å². The van der Waals surface area contributed by atoms with Crippen LogP contribution in [0.3, 0.4) is 0 Å². The molecule has 2 aromatic carbocycles. The van der Waals surface area contributed by atoms with Gasteiger partial charge in [-0.3, -0.25) is 4.79 Å². The molecule has 4 rings (SSSR count). The van der Waals surface area contributed by atoms with Crippen LogP contribution in [0.4, 0.5) is 0 Å². The summed E-state index contributed by atoms with van der Waals surface area (Å²) in [5, 5.41) is 11.7. The molecule has 7 nitrogen and oxygen atoms in total. The van der Waals surface area contributed by atoms with Crippen molar-refractivity contribution in [3.63, 3.8) is 0 Å². The third-order valence-corrected chi connectivity index (χ3v) is 5.93. The molecule has 0 radical (unpaired) electrons. The van der Waals surface area contributed by atoms with E-state index in [-0.39, 0.29) is 17.2 Å². The number of fused-ring (bicyclic) bond motifs is 1. The van der Waals surface area contributed by atoms with Crippen molar-refractivity contribution in [1.82, 2.24) is 20.2 Å². The van der Waals surface area contributed by atoms with E-state index in [1.165, 1.54) is 11.8 Å². The number of hydrogen-bond donors (Lipinski definition) is 2. The second-order valence-electron chi connectivity index (χ2n) is 6.72. The molecular formula is C21H23N5O2S. The summed E-state index contributed by atoms with van der Waals surface area (Å²) in [6.07, 6.45) is 0. The molecule has 3 aromatic rings. The van der Waals surface area contributed by atoms with E-state index >= 15 is 0 Å². The Balaban J connectivity index is 1.57. The molecule has 1 amide bonds. The SMILES string of the molecule is CCOc1ccc([C@@H]2Nn3c(C)nnc3S[C@H]2C(=O)NCc2ccccc2)cc1. The van der Waals surface area contributed by atoms with Crippen LogP contribution >= 0.6 is 11.8 Å². The zero-order chi connectivity index (χ0) is 20.2. The van der Waals surface area contributed by atoms with Gasteiger partial charge in [-0.05, 0) is 37.1 Å². The van der Waals surface area contributed by atoms with Crippen LogP contribution in [0.25, 0.3) is 0 Å². The average molecular weight is 410 g/mol. The van der Waals surface area contributed by atoms with Crippen molar-refractivity contribution >= 4 is 17.7 Å². The highest BCUT2D eigenvalue weighted by atomic mass is 32.2. The molecule has 0 unspecified atom stereocenters. The molecule has 1 aliphatic heterocycles. The highest BCUT2D eigenvalue weighted by Crippen LogP contribution is 2.37. The summed E-state index contributed by atoms with van der Waals surface area (Å²) >= 11 is 1.42. The minimum absolute atomic E-state index is 0.0443. The molecule has 0 fully saturated rings. The van der Waals surface area contributed by atoms with E-state index in [0.717, 1.165) is 22.7 Å². The molecule has 2 N–H and O–H groups in total. The molecule has 2 atom stereocenters. The van der Waals surface area contributed by atoms with Crippen molar-refractivity contribution in [2.24, 2.45) is 0 Å². The van der Waals surface area contributed by atoms with Gasteiger partial charge in [0.25, 0.3) is 0 Å². The number of ether oxygens (including phenoxy) is 1. The number of benzene rings is 2. The minimum Gasteiger partial charge on any atom is -0.494 e. The fraction of sp³-hybridized carbons (Fsp3) is 0.286. The van der Waals surface area contributed by atoms with Gasteiger partial charge in [0.2, 0.25) is 11.1 Å². The molecule has 0 aliphatic carbocycles. The Labute approximate surface area is 173 Å². The Morgan fingerprint density at radius 2 is 1.93 bits per heavy atom. The molecule has 29 heavy (non-hydrogen) atoms. The van der Waals surface area contributed by atoms with Gasteiger partial charge in [-0.2, -0.15) is 0 Å². The monoisotopic (exact) mass is 409 g/mol. The normalized spacial score (nSPS) is 17.9. The molecule has 1 aliphatic rings. The second kappa shape index (κ2) is 8.57. The third kappa shape index (κ3) is 4.22. The van der Waals surface area contributed by atoms with Crippen LogP contribution in [0.15, 0.2) is 59.8 Å². The summed E-state index contributed by atoms with van der Waals surface area (Å²) in [6.45, 7) is 4.94. The van der Waals surface area contributed by atoms with Crippen LogP contribution in [0.5, 0.6) is 5.75 Å². The van der Waals surface area contributed by atoms with Crippen molar-refractivity contribution in [1.29, 1.82) is 0 Å². The van der Waals surface area contributed by atoms with Gasteiger partial charge in [-0.25, -0.2) is 4.68 Å². The van der Waals surface area contributed by atoms with Crippen LogP contribution in [0.1, 0.15) is 29.9 Å². The van der Waals surface area contributed by atoms with Crippen LogP contribution < -0.4 is 15.5 Å². The maximum atomic E-state index is 13.1. The summed E-state index contributed by atoms with van der Waals surface area (Å²) < 4.78 is 7.38. The lowest BCUT2D eigenvalue weighted by Gasteiger charge is -2.32. The zero-order valence-corrected chi connectivity index (χ0v) is 17.1. The summed E-state index contributed by atoms with van der Waals surface area (Å²) in [7, 11) is 0. The Morgan fingerprint density at radius 1 is 1.17 bits per heavy atom. The predicted molar refractivity (Wildman–Crippen MR) is 112 cm³/mol. The van der Waals surface area contributed by atoms with Gasteiger partial charge in [0.15, 0.2) is 0 Å². The first-order chi connectivity index (χ1) is 14.2. The fourth-order valence-electron chi connectivity index (χ4n) is 3.23. The quantitative estimate of drug-likeness (QED) is 0.651. The second-order valence-corrected chi connectivity index (χ2v) is 7.82. The first kappa shape index (κ1) is 19.3. The topological polar surface area (TPSA) is 81.1 Å². The number of carbonyl (C=O) groups excluding carboxylic acids is 1. The Morgan fingerprint density at radius 3 is 2.66 bits per heavy atom. The summed E-state index contributed by atoms with van der Waals surface area (Å²) in [4.78, 5) is 13.1. The number of nitrogens with zero attached hydrogens (tertiary/aromatic N) is 3. The Hall–Kier alpha value is -3.00. The number of carbonyl (C=O) groups is 1. The van der Waals surface area contributed by atoms with E-state index in [1.807, 2.05) is 73.1 Å². The van der Waals surface area contributed by atoms with Crippen LogP contribution in [-0.2, 0) is 11.3 Å². The molecule has 0 spiro atoms. The van der Waals surface area contributed by atoms with Crippen molar-refractivity contribution in [3.05, 3.63) is 71.5 Å². The lowest BCUT2D eigenvalue weighted by atomic mass is 10.0. The maximum absolute atomic E-state index is 13.1. The van der Waals surface area contributed by atoms with E-state index in [2.05, 4.69) is 20.9 Å². The van der Waals surface area contributed by atoms with Crippen molar-refractivity contribution in [3.8, 4) is 5.75 Å². The summed E-state index contributed by atoms with van der Waals surface area (Å²) in [6, 6.07) is 17.5. The van der Waals surface area contributed by atoms with E-state index in [0.29, 0.717) is 18.3 Å². The van der Waals surface area contributed by atoms with Crippen molar-refractivity contribution in [2.45, 2.75) is 36.8 Å². The number of rotatable bonds is 6. The maximum Gasteiger partial charge on any atom is 0.236 e. The highest BCUT2D eigenvalue weighted by molar-refractivity contribution is 8.00. The van der Waals surface area contributed by atoms with Crippen molar-refractivity contribution < 1.29 is 9.53 Å². The summed E-state index contributed by atoms with van der Waals surface area (Å²) in [5.74, 6) is 1.52. The molecule has 2 heterocycles. The van der Waals surface area contributed by atoms with Gasteiger partial charge in [-0.15, -0.1) is 10.2 Å². The number of thioether (sulfide) groups is 1. The van der Waals surface area contributed by atoms with Gasteiger partial charge in [0.1, 0.15) is 16.8 Å². The van der Waals surface area contributed by atoms with Gasteiger partial charge < -0.3 is 15.5 Å². The molecule has 8 heteroatoms. The molecule has 0 saturated heterocycles. The lowest BCUT2D eigenvalue weighted by molar-refractivity contribution is -0.121. The number of amides is 1. The molecule has 0 bridgehead atoms. The van der Waals surface area contributed by atoms with Crippen LogP contribution in [0.2, 0.25) is 0 Å². The van der Waals surface area contributed by atoms with Gasteiger partial charge in [0, 0.05) is 6.54 Å². The average Bonchev–Trinajstić information content (AvgIpc) is 3.12. The predicted octanol–water partition coefficient (Wildman–Crippen LogP) is 3.06. The molecular weight excluding hydrogens is 386 g/mol. The number of aryl methyl sites for hydroxylation is 1. The number of hydrogen-bond acceptors (Lipinski definition) is 6. The van der Waals surface area contributed by atoms with E-state index in [9.17, 15) is 4.79 Å². The first-order valence-corrected chi connectivity index (χ1v) is 10.4. The van der Waals surface area contributed by atoms with E-state index in [4.69, 9.17) is 4.74 Å². The lowest BCUT2D eigenvalue weighted by Crippen LogP contribution is -2.44. The third-order valence-electron chi connectivity index (χ3n) is 4.72. The summed E-state index contributed by atoms with van der Waals surface area (Å²) in [5.41, 5.74) is 5.47. The largest absolute Gasteiger partial charge is 0.494 e. The van der Waals surface area contributed by atoms with Gasteiger partial charge >= 0.3 is 0 Å². The first-order valence-electron chi connectivity index (χ1n) is 9.55. The van der Waals surface area contributed by atoms with E-state index < -0.39 is 0 Å². The van der Waals surface area contributed by atoms with E-state index in [1.54, 1.807) is 0 Å². The highest BCUT2D eigenvalue weighted by Gasteiger charge is 2.37. The molecule has 150 valence electrons. The standard InChI is InChI=1S/C21H23N5O2S/c1-3-28-17-11-9-16(10-12-17)18-19(29-21-24-23-14(2)26(21)25-18)20(27)22-13-15-7-5-4-6-8-15/h4-12,18-19,25H,3,13H2,1-2H3,(H,22,27)/t18-,19+/m0/s1. The Kier molecular flexibility index (Phi) is 5.71. The minimum atomic E-state index is -0.382.